The first-order chi connectivity index (χ1) is 4.41. The highest BCUT2D eigenvalue weighted by Crippen LogP contribution is 1.94. The summed E-state index contributed by atoms with van der Waals surface area (Å²) in [6.07, 6.45) is 2.04. The fourth-order valence-corrected chi connectivity index (χ4v) is 0.512. The van der Waals surface area contributed by atoms with Crippen molar-refractivity contribution >= 4 is 0 Å². The highest BCUT2D eigenvalue weighted by molar-refractivity contribution is 4.48. The molecule has 9 heavy (non-hydrogen) atoms. The molecule has 0 aromatic carbocycles. The fraction of sp³-hybridized carbons (Fsp3) is 0.857. The summed E-state index contributed by atoms with van der Waals surface area (Å²) in [7, 11) is 1.71. The van der Waals surface area contributed by atoms with Gasteiger partial charge in [0, 0.05) is 20.3 Å². The van der Waals surface area contributed by atoms with E-state index in [4.69, 9.17) is 9.47 Å². The lowest BCUT2D eigenvalue weighted by atomic mass is 10.3. The number of rotatable bonds is 6. The molecule has 0 fully saturated rings. The second-order valence-corrected chi connectivity index (χ2v) is 1.76. The van der Waals surface area contributed by atoms with E-state index in [1.165, 1.54) is 0 Å². The Labute approximate surface area is 57.2 Å². The van der Waals surface area contributed by atoms with Gasteiger partial charge in [0.25, 0.3) is 0 Å². The first-order valence-corrected chi connectivity index (χ1v) is 3.34. The molecule has 0 aromatic heterocycles. The summed E-state index contributed by atoms with van der Waals surface area (Å²) in [5, 5.41) is 0. The summed E-state index contributed by atoms with van der Waals surface area (Å²) in [6.45, 7) is 5.41. The van der Waals surface area contributed by atoms with Crippen LogP contribution in [-0.2, 0) is 9.47 Å². The third-order valence-corrected chi connectivity index (χ3v) is 0.955. The van der Waals surface area contributed by atoms with Crippen molar-refractivity contribution in [3.05, 3.63) is 6.61 Å². The molecular formula is C7H15O2. The molecule has 0 atom stereocenters. The summed E-state index contributed by atoms with van der Waals surface area (Å²) in [6, 6.07) is 0. The minimum absolute atomic E-state index is 0.771. The van der Waals surface area contributed by atoms with Gasteiger partial charge in [-0.2, -0.15) is 0 Å². The molecular weight excluding hydrogens is 116 g/mol. The number of unbranched alkanes of at least 4 members (excludes halogenated alkanes) is 1. The second-order valence-electron chi connectivity index (χ2n) is 1.76. The molecule has 0 saturated carbocycles. The van der Waals surface area contributed by atoms with E-state index in [9.17, 15) is 0 Å². The van der Waals surface area contributed by atoms with Crippen molar-refractivity contribution < 1.29 is 9.47 Å². The SMILES string of the molecule is CCO[CH]CCCOC. The molecule has 0 N–H and O–H groups in total. The Balaban J connectivity index is 2.60. The predicted molar refractivity (Wildman–Crippen MR) is 37.0 cm³/mol. The topological polar surface area (TPSA) is 18.5 Å². The van der Waals surface area contributed by atoms with Crippen LogP contribution in [0.3, 0.4) is 0 Å². The first-order valence-electron chi connectivity index (χ1n) is 3.34. The number of hydrogen-bond acceptors (Lipinski definition) is 2. The Morgan fingerprint density at radius 2 is 2.22 bits per heavy atom. The van der Waals surface area contributed by atoms with Crippen LogP contribution in [0.25, 0.3) is 0 Å². The predicted octanol–water partition coefficient (Wildman–Crippen LogP) is 1.61. The van der Waals surface area contributed by atoms with E-state index < -0.39 is 0 Å². The zero-order chi connectivity index (χ0) is 6.95. The molecule has 0 saturated heterocycles. The van der Waals surface area contributed by atoms with Crippen LogP contribution in [0.15, 0.2) is 0 Å². The van der Waals surface area contributed by atoms with Gasteiger partial charge in [0.1, 0.15) is 0 Å². The lowest BCUT2D eigenvalue weighted by molar-refractivity contribution is 0.172. The van der Waals surface area contributed by atoms with Crippen molar-refractivity contribution in [3.63, 3.8) is 0 Å². The Morgan fingerprint density at radius 3 is 2.78 bits per heavy atom. The van der Waals surface area contributed by atoms with Gasteiger partial charge in [-0.3, -0.25) is 0 Å². The molecule has 0 aliphatic carbocycles. The van der Waals surface area contributed by atoms with Crippen LogP contribution < -0.4 is 0 Å². The van der Waals surface area contributed by atoms with Crippen molar-refractivity contribution in [2.45, 2.75) is 19.8 Å². The van der Waals surface area contributed by atoms with Gasteiger partial charge in [0.15, 0.2) is 0 Å². The highest BCUT2D eigenvalue weighted by atomic mass is 16.5. The number of ether oxygens (including phenoxy) is 2. The zero-order valence-corrected chi connectivity index (χ0v) is 6.22. The van der Waals surface area contributed by atoms with Crippen LogP contribution >= 0.6 is 0 Å². The van der Waals surface area contributed by atoms with Crippen molar-refractivity contribution in [2.75, 3.05) is 20.3 Å². The summed E-state index contributed by atoms with van der Waals surface area (Å²) >= 11 is 0. The number of methoxy groups -OCH3 is 1. The van der Waals surface area contributed by atoms with Crippen LogP contribution in [0.2, 0.25) is 0 Å². The number of hydrogen-bond donors (Lipinski definition) is 0. The fourth-order valence-electron chi connectivity index (χ4n) is 0.512. The normalized spacial score (nSPS) is 10.0. The quantitative estimate of drug-likeness (QED) is 0.510. The average Bonchev–Trinajstić information content (AvgIpc) is 1.89. The van der Waals surface area contributed by atoms with Gasteiger partial charge < -0.3 is 9.47 Å². The monoisotopic (exact) mass is 131 g/mol. The lowest BCUT2D eigenvalue weighted by Crippen LogP contribution is -1.91. The lowest BCUT2D eigenvalue weighted by Gasteiger charge is -1.98. The minimum atomic E-state index is 0.771. The van der Waals surface area contributed by atoms with E-state index in [0.717, 1.165) is 26.1 Å². The standard InChI is InChI=1S/C7H15O2/c1-3-9-7-5-4-6-8-2/h7H,3-6H2,1-2H3. The summed E-state index contributed by atoms with van der Waals surface area (Å²) < 4.78 is 9.85. The van der Waals surface area contributed by atoms with E-state index in [2.05, 4.69) is 0 Å². The van der Waals surface area contributed by atoms with Gasteiger partial charge in [0.05, 0.1) is 6.61 Å². The Kier molecular flexibility index (Phi) is 7.85. The molecule has 2 heteroatoms. The Morgan fingerprint density at radius 1 is 1.44 bits per heavy atom. The molecule has 0 spiro atoms. The van der Waals surface area contributed by atoms with E-state index >= 15 is 0 Å². The smallest absolute Gasteiger partial charge is 0.0837 e. The largest absolute Gasteiger partial charge is 0.385 e. The van der Waals surface area contributed by atoms with Crippen molar-refractivity contribution in [1.29, 1.82) is 0 Å². The molecule has 1 radical (unpaired) electrons. The second kappa shape index (κ2) is 7.92. The molecule has 2 nitrogen and oxygen atoms in total. The average molecular weight is 131 g/mol. The molecule has 0 aromatic rings. The maximum absolute atomic E-state index is 5.00. The van der Waals surface area contributed by atoms with E-state index in [1.807, 2.05) is 13.5 Å². The molecule has 55 valence electrons. The minimum Gasteiger partial charge on any atom is -0.385 e. The summed E-state index contributed by atoms with van der Waals surface area (Å²) in [5.74, 6) is 0. The van der Waals surface area contributed by atoms with Crippen LogP contribution in [0.5, 0.6) is 0 Å². The van der Waals surface area contributed by atoms with Gasteiger partial charge in [-0.05, 0) is 19.8 Å². The molecule has 0 unspecified atom stereocenters. The van der Waals surface area contributed by atoms with Crippen LogP contribution in [-0.4, -0.2) is 20.3 Å². The molecule has 0 aliphatic rings. The van der Waals surface area contributed by atoms with Gasteiger partial charge in [0.2, 0.25) is 0 Å². The maximum Gasteiger partial charge on any atom is 0.0837 e. The Bertz CT molecular complexity index is 40.2. The zero-order valence-electron chi connectivity index (χ0n) is 6.22. The third kappa shape index (κ3) is 7.92. The molecule has 0 heterocycles. The van der Waals surface area contributed by atoms with Crippen LogP contribution in [0, 0.1) is 6.61 Å². The van der Waals surface area contributed by atoms with Gasteiger partial charge >= 0.3 is 0 Å². The van der Waals surface area contributed by atoms with E-state index in [1.54, 1.807) is 7.11 Å². The van der Waals surface area contributed by atoms with E-state index in [0.29, 0.717) is 0 Å². The summed E-state index contributed by atoms with van der Waals surface area (Å²) in [4.78, 5) is 0. The maximum atomic E-state index is 5.00. The molecule has 0 bridgehead atoms. The molecule has 0 amide bonds. The van der Waals surface area contributed by atoms with Crippen molar-refractivity contribution in [2.24, 2.45) is 0 Å². The van der Waals surface area contributed by atoms with Gasteiger partial charge in [-0.1, -0.05) is 0 Å². The van der Waals surface area contributed by atoms with Crippen molar-refractivity contribution in [3.8, 4) is 0 Å². The highest BCUT2D eigenvalue weighted by Gasteiger charge is 1.86. The molecule has 0 aliphatic heterocycles. The third-order valence-electron chi connectivity index (χ3n) is 0.955. The summed E-state index contributed by atoms with van der Waals surface area (Å²) in [5.41, 5.74) is 0. The Hall–Kier alpha value is -0.0800. The van der Waals surface area contributed by atoms with Gasteiger partial charge in [-0.25, -0.2) is 0 Å². The van der Waals surface area contributed by atoms with Crippen LogP contribution in [0.1, 0.15) is 19.8 Å². The first kappa shape index (κ1) is 8.92. The van der Waals surface area contributed by atoms with E-state index in [-0.39, 0.29) is 0 Å². The van der Waals surface area contributed by atoms with Gasteiger partial charge in [-0.15, -0.1) is 0 Å². The molecule has 0 rings (SSSR count). The van der Waals surface area contributed by atoms with Crippen LogP contribution in [0.4, 0.5) is 0 Å². The van der Waals surface area contributed by atoms with Crippen molar-refractivity contribution in [1.82, 2.24) is 0 Å².